The molecule has 2 aromatic carbocycles. The van der Waals surface area contributed by atoms with Gasteiger partial charge in [0.25, 0.3) is 5.56 Å². The number of benzene rings is 2. The van der Waals surface area contributed by atoms with E-state index in [1.165, 1.54) is 0 Å². The molecule has 3 heterocycles. The first-order valence-electron chi connectivity index (χ1n) is 8.10. The lowest BCUT2D eigenvalue weighted by molar-refractivity contribution is 0.174. The summed E-state index contributed by atoms with van der Waals surface area (Å²) in [5.74, 6) is 2.13. The predicted molar refractivity (Wildman–Crippen MR) is 104 cm³/mol. The number of halogens is 2. The molecule has 2 aliphatic heterocycles. The molecule has 1 aromatic heterocycles. The van der Waals surface area contributed by atoms with Gasteiger partial charge in [-0.3, -0.25) is 9.36 Å². The minimum absolute atomic E-state index is 0.0326. The summed E-state index contributed by atoms with van der Waals surface area (Å²) in [5, 5.41) is 1.15. The molecule has 5 rings (SSSR count). The summed E-state index contributed by atoms with van der Waals surface area (Å²) >= 11 is 9.64. The molecular weight excluding hydrogens is 420 g/mol. The van der Waals surface area contributed by atoms with Crippen molar-refractivity contribution in [3.05, 3.63) is 61.6 Å². The molecule has 26 heavy (non-hydrogen) atoms. The van der Waals surface area contributed by atoms with Gasteiger partial charge >= 0.3 is 0 Å². The number of hydrogen-bond donors (Lipinski definition) is 0. The number of hydrogen-bond acceptors (Lipinski definition) is 4. The fourth-order valence-electron chi connectivity index (χ4n) is 3.36. The van der Waals surface area contributed by atoms with Crippen LogP contribution >= 0.6 is 27.5 Å². The zero-order valence-electron chi connectivity index (χ0n) is 13.5. The average molecular weight is 432 g/mol. The van der Waals surface area contributed by atoms with Crippen molar-refractivity contribution in [3.8, 4) is 11.5 Å². The predicted octanol–water partition coefficient (Wildman–Crippen LogP) is 4.49. The zero-order chi connectivity index (χ0) is 17.8. The number of rotatable bonds is 1. The van der Waals surface area contributed by atoms with Crippen molar-refractivity contribution in [1.82, 2.24) is 9.55 Å². The van der Waals surface area contributed by atoms with Gasteiger partial charge in [0.2, 0.25) is 6.79 Å². The van der Waals surface area contributed by atoms with E-state index in [-0.39, 0.29) is 12.4 Å². The third kappa shape index (κ3) is 2.44. The van der Waals surface area contributed by atoms with E-state index in [9.17, 15) is 4.79 Å². The van der Waals surface area contributed by atoms with Gasteiger partial charge in [0, 0.05) is 16.0 Å². The van der Waals surface area contributed by atoms with Gasteiger partial charge in [-0.2, -0.15) is 0 Å². The quantitative estimate of drug-likeness (QED) is 0.570. The Morgan fingerprint density at radius 2 is 2.00 bits per heavy atom. The molecular formula is C19H12BrClN2O3. The summed E-state index contributed by atoms with van der Waals surface area (Å²) in [6.45, 7) is 0.849. The van der Waals surface area contributed by atoms with Gasteiger partial charge in [0.1, 0.15) is 5.82 Å². The lowest BCUT2D eigenvalue weighted by Gasteiger charge is -2.07. The van der Waals surface area contributed by atoms with Crippen molar-refractivity contribution in [2.45, 2.75) is 13.0 Å². The largest absolute Gasteiger partial charge is 0.454 e. The molecule has 0 saturated carbocycles. The van der Waals surface area contributed by atoms with Gasteiger partial charge in [-0.1, -0.05) is 27.5 Å². The number of ether oxygens (including phenoxy) is 2. The van der Waals surface area contributed by atoms with E-state index < -0.39 is 0 Å². The Balaban J connectivity index is 1.67. The molecule has 0 unspecified atom stereocenters. The van der Waals surface area contributed by atoms with Crippen LogP contribution in [0, 0.1) is 0 Å². The van der Waals surface area contributed by atoms with Crippen molar-refractivity contribution >= 4 is 50.1 Å². The van der Waals surface area contributed by atoms with Crippen LogP contribution in [-0.2, 0) is 6.54 Å². The van der Waals surface area contributed by atoms with E-state index in [2.05, 4.69) is 15.9 Å². The van der Waals surface area contributed by atoms with E-state index in [1.807, 2.05) is 18.2 Å². The van der Waals surface area contributed by atoms with Crippen LogP contribution in [0.4, 0.5) is 0 Å². The standard InChI is InChI=1S/C19H12BrClN2O3/c20-14-8-17-16(25-9-26-17)6-11(14)5-10-3-4-23-18(10)22-15-7-12(21)1-2-13(15)19(23)24/h1-2,5-8H,3-4,9H2/b10-5-. The highest BCUT2D eigenvalue weighted by molar-refractivity contribution is 9.10. The van der Waals surface area contributed by atoms with E-state index >= 15 is 0 Å². The topological polar surface area (TPSA) is 53.4 Å². The highest BCUT2D eigenvalue weighted by Crippen LogP contribution is 2.39. The number of aromatic nitrogens is 2. The van der Waals surface area contributed by atoms with Crippen LogP contribution in [0.3, 0.4) is 0 Å². The van der Waals surface area contributed by atoms with Crippen molar-refractivity contribution < 1.29 is 9.47 Å². The van der Waals surface area contributed by atoms with Gasteiger partial charge in [-0.15, -0.1) is 0 Å². The second kappa shape index (κ2) is 5.86. The smallest absolute Gasteiger partial charge is 0.261 e. The maximum absolute atomic E-state index is 12.8. The molecule has 0 atom stereocenters. The van der Waals surface area contributed by atoms with E-state index in [0.29, 0.717) is 34.0 Å². The Hall–Kier alpha value is -2.31. The minimum atomic E-state index is -0.0326. The van der Waals surface area contributed by atoms with Crippen LogP contribution in [0.1, 0.15) is 17.8 Å². The van der Waals surface area contributed by atoms with Gasteiger partial charge < -0.3 is 9.47 Å². The first-order chi connectivity index (χ1) is 12.6. The van der Waals surface area contributed by atoms with E-state index in [1.54, 1.807) is 22.8 Å². The molecule has 0 aliphatic carbocycles. The summed E-state index contributed by atoms with van der Waals surface area (Å²) in [6.07, 6.45) is 2.78. The monoisotopic (exact) mass is 430 g/mol. The Morgan fingerprint density at radius 1 is 1.19 bits per heavy atom. The highest BCUT2D eigenvalue weighted by atomic mass is 79.9. The van der Waals surface area contributed by atoms with Gasteiger partial charge in [0.15, 0.2) is 11.5 Å². The van der Waals surface area contributed by atoms with Crippen LogP contribution in [0.15, 0.2) is 39.6 Å². The molecule has 0 amide bonds. The molecule has 7 heteroatoms. The third-order valence-corrected chi connectivity index (χ3v) is 5.55. The number of nitrogens with zero attached hydrogens (tertiary/aromatic N) is 2. The van der Waals surface area contributed by atoms with Gasteiger partial charge in [-0.05, 0) is 54.0 Å². The van der Waals surface area contributed by atoms with Crippen LogP contribution in [-0.4, -0.2) is 16.3 Å². The molecule has 3 aromatic rings. The highest BCUT2D eigenvalue weighted by Gasteiger charge is 2.22. The minimum Gasteiger partial charge on any atom is -0.454 e. The molecule has 5 nitrogen and oxygen atoms in total. The van der Waals surface area contributed by atoms with Crippen LogP contribution in [0.2, 0.25) is 5.02 Å². The first-order valence-corrected chi connectivity index (χ1v) is 9.27. The Kier molecular flexibility index (Phi) is 3.58. The van der Waals surface area contributed by atoms with Crippen molar-refractivity contribution in [1.29, 1.82) is 0 Å². The van der Waals surface area contributed by atoms with Gasteiger partial charge in [-0.25, -0.2) is 4.98 Å². The summed E-state index contributed by atoms with van der Waals surface area (Å²) in [7, 11) is 0. The molecule has 0 spiro atoms. The maximum Gasteiger partial charge on any atom is 0.261 e. The number of fused-ring (bicyclic) bond motifs is 3. The van der Waals surface area contributed by atoms with E-state index in [0.717, 1.165) is 27.8 Å². The normalized spacial score (nSPS) is 16.5. The first kappa shape index (κ1) is 15.9. The molecule has 0 saturated heterocycles. The maximum atomic E-state index is 12.8. The number of allylic oxidation sites excluding steroid dienone is 1. The molecule has 0 N–H and O–H groups in total. The lowest BCUT2D eigenvalue weighted by Crippen LogP contribution is -2.20. The average Bonchev–Trinajstić information content (AvgIpc) is 3.22. The van der Waals surface area contributed by atoms with Crippen molar-refractivity contribution in [2.24, 2.45) is 0 Å². The molecule has 0 bridgehead atoms. The fourth-order valence-corrected chi connectivity index (χ4v) is 3.96. The van der Waals surface area contributed by atoms with Crippen molar-refractivity contribution in [2.75, 3.05) is 6.79 Å². The summed E-state index contributed by atoms with van der Waals surface area (Å²) in [6, 6.07) is 9.00. The lowest BCUT2D eigenvalue weighted by atomic mass is 10.1. The Morgan fingerprint density at radius 3 is 2.85 bits per heavy atom. The SMILES string of the molecule is O=c1c2ccc(Cl)cc2nc2n1CC/C2=C/c1cc2c(cc1Br)OCO2. The van der Waals surface area contributed by atoms with Gasteiger partial charge in [0.05, 0.1) is 10.9 Å². The third-order valence-electron chi connectivity index (χ3n) is 4.63. The summed E-state index contributed by atoms with van der Waals surface area (Å²) in [4.78, 5) is 17.5. The van der Waals surface area contributed by atoms with Crippen LogP contribution < -0.4 is 15.0 Å². The molecule has 0 radical (unpaired) electrons. The molecule has 0 fully saturated rings. The molecule has 130 valence electrons. The van der Waals surface area contributed by atoms with Crippen LogP contribution in [0.5, 0.6) is 11.5 Å². The van der Waals surface area contributed by atoms with Crippen molar-refractivity contribution in [3.63, 3.8) is 0 Å². The zero-order valence-corrected chi connectivity index (χ0v) is 15.8. The fraction of sp³-hybridized carbons (Fsp3) is 0.158. The molecule has 2 aliphatic rings. The van der Waals surface area contributed by atoms with Crippen LogP contribution in [0.25, 0.3) is 22.6 Å². The van der Waals surface area contributed by atoms with E-state index in [4.69, 9.17) is 26.1 Å². The second-order valence-corrected chi connectivity index (χ2v) is 7.49. The summed E-state index contributed by atoms with van der Waals surface area (Å²) < 4.78 is 13.5. The Bertz CT molecular complexity index is 1170. The summed E-state index contributed by atoms with van der Waals surface area (Å²) in [5.41, 5.74) is 2.54. The Labute approximate surface area is 162 Å². The second-order valence-electron chi connectivity index (χ2n) is 6.20.